The van der Waals surface area contributed by atoms with Crippen LogP contribution in [0.25, 0.3) is 0 Å². The predicted octanol–water partition coefficient (Wildman–Crippen LogP) is 2.06. The number of thiol groups is 1. The number of nitrogen functional groups attached to an aromatic ring is 1. The third-order valence-electron chi connectivity index (χ3n) is 1.80. The minimum Gasteiger partial charge on any atom is -0.449 e. The second kappa shape index (κ2) is 2.48. The Morgan fingerprint density at radius 2 is 1.77 bits per heavy atom. The van der Waals surface area contributed by atoms with Gasteiger partial charge in [0.25, 0.3) is 0 Å². The van der Waals surface area contributed by atoms with E-state index in [0.29, 0.717) is 22.1 Å². The molecular weight excluding hydrogens is 186 g/mol. The van der Waals surface area contributed by atoms with Crippen LogP contribution in [0.1, 0.15) is 13.8 Å². The molecule has 0 fully saturated rings. The maximum Gasteiger partial charge on any atom is 0.246 e. The normalized spacial score (nSPS) is 17.5. The zero-order valence-corrected chi connectivity index (χ0v) is 8.39. The smallest absolute Gasteiger partial charge is 0.246 e. The second-order valence-electron chi connectivity index (χ2n) is 3.46. The van der Waals surface area contributed by atoms with Crippen molar-refractivity contribution >= 4 is 18.3 Å². The van der Waals surface area contributed by atoms with Gasteiger partial charge in [0, 0.05) is 30.5 Å². The fraction of sp³-hybridized carbons (Fsp3) is 0.333. The zero-order valence-electron chi connectivity index (χ0n) is 7.50. The maximum atomic E-state index is 5.67. The molecule has 13 heavy (non-hydrogen) atoms. The molecule has 1 heterocycles. The van der Waals surface area contributed by atoms with Gasteiger partial charge in [-0.1, -0.05) is 0 Å². The van der Waals surface area contributed by atoms with Crippen LogP contribution >= 0.6 is 12.6 Å². The van der Waals surface area contributed by atoms with Gasteiger partial charge in [-0.05, 0) is 6.07 Å². The number of benzene rings is 1. The summed E-state index contributed by atoms with van der Waals surface area (Å²) in [7, 11) is 0. The number of ether oxygens (including phenoxy) is 2. The van der Waals surface area contributed by atoms with Crippen LogP contribution in [-0.2, 0) is 0 Å². The topological polar surface area (TPSA) is 44.5 Å². The van der Waals surface area contributed by atoms with Gasteiger partial charge in [-0.2, -0.15) is 0 Å². The number of anilines is 1. The van der Waals surface area contributed by atoms with Crippen molar-refractivity contribution in [2.75, 3.05) is 5.73 Å². The molecule has 3 nitrogen and oxygen atoms in total. The third kappa shape index (κ3) is 1.42. The summed E-state index contributed by atoms with van der Waals surface area (Å²) >= 11 is 4.19. The monoisotopic (exact) mass is 197 g/mol. The summed E-state index contributed by atoms with van der Waals surface area (Å²) in [6, 6.07) is 3.49. The van der Waals surface area contributed by atoms with E-state index in [9.17, 15) is 0 Å². The van der Waals surface area contributed by atoms with Crippen LogP contribution in [0.15, 0.2) is 17.0 Å². The second-order valence-corrected chi connectivity index (χ2v) is 3.94. The molecule has 1 aromatic rings. The standard InChI is InChI=1S/C9H11NO2S/c1-9(2)11-6-3-5(10)8(13)4-7(6)12-9/h3-4,13H,10H2,1-2H3. The molecule has 0 radical (unpaired) electrons. The van der Waals surface area contributed by atoms with E-state index in [-0.39, 0.29) is 0 Å². The van der Waals surface area contributed by atoms with Crippen molar-refractivity contribution < 1.29 is 9.47 Å². The van der Waals surface area contributed by atoms with Gasteiger partial charge in [-0.15, -0.1) is 12.6 Å². The summed E-state index contributed by atoms with van der Waals surface area (Å²) < 4.78 is 11.0. The lowest BCUT2D eigenvalue weighted by Gasteiger charge is -2.16. The summed E-state index contributed by atoms with van der Waals surface area (Å²) in [5, 5.41) is 0. The molecule has 0 bridgehead atoms. The van der Waals surface area contributed by atoms with Crippen molar-refractivity contribution in [3.05, 3.63) is 12.1 Å². The van der Waals surface area contributed by atoms with Crippen LogP contribution in [-0.4, -0.2) is 5.79 Å². The molecule has 2 rings (SSSR count). The molecule has 0 amide bonds. The Bertz CT molecular complexity index is 330. The molecule has 0 saturated carbocycles. The van der Waals surface area contributed by atoms with Gasteiger partial charge >= 0.3 is 0 Å². The van der Waals surface area contributed by atoms with Crippen LogP contribution in [0.2, 0.25) is 0 Å². The Balaban J connectivity index is 2.48. The van der Waals surface area contributed by atoms with Crippen LogP contribution in [0.5, 0.6) is 11.5 Å². The van der Waals surface area contributed by atoms with Crippen molar-refractivity contribution in [1.82, 2.24) is 0 Å². The summed E-state index contributed by atoms with van der Waals surface area (Å²) in [6.45, 7) is 3.70. The molecule has 1 aromatic carbocycles. The van der Waals surface area contributed by atoms with Gasteiger partial charge in [0.05, 0.1) is 0 Å². The molecule has 0 spiro atoms. The molecule has 0 aliphatic carbocycles. The fourth-order valence-electron chi connectivity index (χ4n) is 1.27. The average Bonchev–Trinajstić information content (AvgIpc) is 2.24. The lowest BCUT2D eigenvalue weighted by Crippen LogP contribution is -2.29. The van der Waals surface area contributed by atoms with Crippen molar-refractivity contribution in [1.29, 1.82) is 0 Å². The van der Waals surface area contributed by atoms with Crippen LogP contribution < -0.4 is 15.2 Å². The first-order valence-corrected chi connectivity index (χ1v) is 4.43. The minimum absolute atomic E-state index is 0.600. The molecule has 4 heteroatoms. The fourth-order valence-corrected chi connectivity index (χ4v) is 1.46. The summed E-state index contributed by atoms with van der Waals surface area (Å²) in [4.78, 5) is 0.708. The van der Waals surface area contributed by atoms with Crippen molar-refractivity contribution in [2.45, 2.75) is 24.5 Å². The highest BCUT2D eigenvalue weighted by atomic mass is 32.1. The van der Waals surface area contributed by atoms with E-state index in [1.54, 1.807) is 12.1 Å². The Hall–Kier alpha value is -1.03. The Morgan fingerprint density at radius 1 is 1.23 bits per heavy atom. The van der Waals surface area contributed by atoms with Crippen LogP contribution in [0, 0.1) is 0 Å². The highest BCUT2D eigenvalue weighted by Crippen LogP contribution is 2.42. The van der Waals surface area contributed by atoms with Crippen LogP contribution in [0.3, 0.4) is 0 Å². The van der Waals surface area contributed by atoms with E-state index in [1.165, 1.54) is 0 Å². The summed E-state index contributed by atoms with van der Waals surface area (Å²) in [6.07, 6.45) is 0. The van der Waals surface area contributed by atoms with Gasteiger partial charge in [0.1, 0.15) is 0 Å². The zero-order chi connectivity index (χ0) is 9.64. The SMILES string of the molecule is CC1(C)Oc2cc(N)c(S)cc2O1. The molecule has 70 valence electrons. The predicted molar refractivity (Wildman–Crippen MR) is 53.4 cm³/mol. The van der Waals surface area contributed by atoms with Gasteiger partial charge in [0.2, 0.25) is 5.79 Å². The Labute approximate surface area is 82.2 Å². The Kier molecular flexibility index (Phi) is 1.63. The molecule has 1 aliphatic rings. The minimum atomic E-state index is -0.601. The van der Waals surface area contributed by atoms with Gasteiger partial charge < -0.3 is 15.2 Å². The number of fused-ring (bicyclic) bond motifs is 1. The molecule has 0 unspecified atom stereocenters. The first-order valence-electron chi connectivity index (χ1n) is 3.98. The highest BCUT2D eigenvalue weighted by Gasteiger charge is 2.31. The van der Waals surface area contributed by atoms with E-state index in [4.69, 9.17) is 15.2 Å². The highest BCUT2D eigenvalue weighted by molar-refractivity contribution is 7.80. The lowest BCUT2D eigenvalue weighted by molar-refractivity contribution is -0.0431. The molecular formula is C9H11NO2S. The maximum absolute atomic E-state index is 5.67. The number of rotatable bonds is 0. The van der Waals surface area contributed by atoms with E-state index in [2.05, 4.69) is 12.6 Å². The molecule has 1 aliphatic heterocycles. The quantitative estimate of drug-likeness (QED) is 0.494. The molecule has 0 atom stereocenters. The third-order valence-corrected chi connectivity index (χ3v) is 2.19. The van der Waals surface area contributed by atoms with Gasteiger partial charge in [0.15, 0.2) is 11.5 Å². The largest absolute Gasteiger partial charge is 0.449 e. The van der Waals surface area contributed by atoms with Crippen molar-refractivity contribution in [3.8, 4) is 11.5 Å². The Morgan fingerprint density at radius 3 is 2.38 bits per heavy atom. The van der Waals surface area contributed by atoms with E-state index in [0.717, 1.165) is 0 Å². The van der Waals surface area contributed by atoms with E-state index in [1.807, 2.05) is 13.8 Å². The van der Waals surface area contributed by atoms with Crippen molar-refractivity contribution in [2.24, 2.45) is 0 Å². The molecule has 2 N–H and O–H groups in total. The van der Waals surface area contributed by atoms with Gasteiger partial charge in [-0.25, -0.2) is 0 Å². The van der Waals surface area contributed by atoms with E-state index >= 15 is 0 Å². The van der Waals surface area contributed by atoms with Crippen molar-refractivity contribution in [3.63, 3.8) is 0 Å². The summed E-state index contributed by atoms with van der Waals surface area (Å²) in [5.74, 6) is 0.778. The first kappa shape index (κ1) is 8.56. The number of nitrogens with two attached hydrogens (primary N) is 1. The van der Waals surface area contributed by atoms with Crippen LogP contribution in [0.4, 0.5) is 5.69 Å². The lowest BCUT2D eigenvalue weighted by atomic mass is 10.3. The molecule has 0 saturated heterocycles. The first-order chi connectivity index (χ1) is 5.98. The average molecular weight is 197 g/mol. The van der Waals surface area contributed by atoms with E-state index < -0.39 is 5.79 Å². The molecule has 0 aromatic heterocycles. The summed E-state index contributed by atoms with van der Waals surface area (Å²) in [5.41, 5.74) is 6.27. The number of hydrogen-bond acceptors (Lipinski definition) is 4. The number of hydrogen-bond donors (Lipinski definition) is 2. The van der Waals surface area contributed by atoms with Gasteiger partial charge in [-0.3, -0.25) is 0 Å².